The lowest BCUT2D eigenvalue weighted by atomic mass is 10.1. The van der Waals surface area contributed by atoms with Crippen molar-refractivity contribution in [2.75, 3.05) is 6.54 Å². The Morgan fingerprint density at radius 3 is 2.62 bits per heavy atom. The van der Waals surface area contributed by atoms with Gasteiger partial charge in [0.2, 0.25) is 0 Å². The molecular weight excluding hydrogens is 310 g/mol. The van der Waals surface area contributed by atoms with Crippen LogP contribution in [0.5, 0.6) is 17.2 Å². The van der Waals surface area contributed by atoms with Crippen molar-refractivity contribution in [1.29, 1.82) is 0 Å². The highest BCUT2D eigenvalue weighted by molar-refractivity contribution is 5.93. The van der Waals surface area contributed by atoms with Crippen LogP contribution in [-0.2, 0) is 6.42 Å². The number of hydrogen-bond donors (Lipinski definition) is 3. The SMILES string of the molecule is O=c1oc2ccccc2c(O)c1C=NCCc1ccc(O)c(O)c1. The largest absolute Gasteiger partial charge is 0.506 e. The summed E-state index contributed by atoms with van der Waals surface area (Å²) in [4.78, 5) is 16.0. The zero-order valence-corrected chi connectivity index (χ0v) is 12.6. The van der Waals surface area contributed by atoms with E-state index in [1.807, 2.05) is 0 Å². The van der Waals surface area contributed by atoms with Crippen LogP contribution in [0.4, 0.5) is 0 Å². The van der Waals surface area contributed by atoms with Gasteiger partial charge in [0.15, 0.2) is 11.5 Å². The summed E-state index contributed by atoms with van der Waals surface area (Å²) in [6.45, 7) is 0.343. The van der Waals surface area contributed by atoms with Crippen molar-refractivity contribution in [2.24, 2.45) is 4.99 Å². The fraction of sp³-hybridized carbons (Fsp3) is 0.111. The maximum absolute atomic E-state index is 11.9. The second-order valence-corrected chi connectivity index (χ2v) is 5.26. The monoisotopic (exact) mass is 325 g/mol. The lowest BCUT2D eigenvalue weighted by Gasteiger charge is -2.03. The number of benzene rings is 2. The maximum atomic E-state index is 11.9. The maximum Gasteiger partial charge on any atom is 0.348 e. The van der Waals surface area contributed by atoms with Crippen LogP contribution in [-0.4, -0.2) is 28.1 Å². The molecule has 0 unspecified atom stereocenters. The molecule has 0 aliphatic carbocycles. The van der Waals surface area contributed by atoms with E-state index in [4.69, 9.17) is 4.42 Å². The van der Waals surface area contributed by atoms with E-state index in [-0.39, 0.29) is 22.8 Å². The Kier molecular flexibility index (Phi) is 4.20. The Hall–Kier alpha value is -3.28. The van der Waals surface area contributed by atoms with Crippen molar-refractivity contribution in [1.82, 2.24) is 0 Å². The molecule has 0 aliphatic heterocycles. The first-order valence-electron chi connectivity index (χ1n) is 7.32. The summed E-state index contributed by atoms with van der Waals surface area (Å²) >= 11 is 0. The molecule has 3 rings (SSSR count). The van der Waals surface area contributed by atoms with Crippen molar-refractivity contribution in [3.63, 3.8) is 0 Å². The number of phenols is 2. The van der Waals surface area contributed by atoms with E-state index in [2.05, 4.69) is 4.99 Å². The molecule has 0 bridgehead atoms. The van der Waals surface area contributed by atoms with Crippen molar-refractivity contribution in [3.8, 4) is 17.2 Å². The molecule has 6 nitrogen and oxygen atoms in total. The Labute approximate surface area is 137 Å². The molecule has 3 aromatic rings. The molecule has 0 fully saturated rings. The van der Waals surface area contributed by atoms with Crippen molar-refractivity contribution in [3.05, 3.63) is 64.0 Å². The second kappa shape index (κ2) is 6.45. The quantitative estimate of drug-likeness (QED) is 0.388. The smallest absolute Gasteiger partial charge is 0.348 e. The van der Waals surface area contributed by atoms with Gasteiger partial charge in [-0.2, -0.15) is 0 Å². The number of para-hydroxylation sites is 1. The highest BCUT2D eigenvalue weighted by atomic mass is 16.4. The predicted molar refractivity (Wildman–Crippen MR) is 90.1 cm³/mol. The normalized spacial score (nSPS) is 11.3. The molecule has 0 atom stereocenters. The van der Waals surface area contributed by atoms with E-state index in [0.29, 0.717) is 23.9 Å². The van der Waals surface area contributed by atoms with Crippen molar-refractivity contribution < 1.29 is 19.7 Å². The van der Waals surface area contributed by atoms with E-state index >= 15 is 0 Å². The topological polar surface area (TPSA) is 103 Å². The van der Waals surface area contributed by atoms with Gasteiger partial charge in [0, 0.05) is 12.8 Å². The molecule has 24 heavy (non-hydrogen) atoms. The predicted octanol–water partition coefficient (Wildman–Crippen LogP) is 2.57. The van der Waals surface area contributed by atoms with Gasteiger partial charge in [-0.05, 0) is 36.2 Å². The third-order valence-electron chi connectivity index (χ3n) is 3.61. The molecule has 1 heterocycles. The zero-order valence-electron chi connectivity index (χ0n) is 12.6. The fourth-order valence-electron chi connectivity index (χ4n) is 2.34. The van der Waals surface area contributed by atoms with Crippen LogP contribution in [0.3, 0.4) is 0 Å². The minimum absolute atomic E-state index is 0.00209. The van der Waals surface area contributed by atoms with Crippen molar-refractivity contribution in [2.45, 2.75) is 6.42 Å². The van der Waals surface area contributed by atoms with Gasteiger partial charge >= 0.3 is 5.63 Å². The van der Waals surface area contributed by atoms with Crippen molar-refractivity contribution >= 4 is 17.2 Å². The van der Waals surface area contributed by atoms with Crippen LogP contribution < -0.4 is 5.63 Å². The van der Waals surface area contributed by atoms with Gasteiger partial charge in [0.05, 0.1) is 5.39 Å². The number of hydrogen-bond acceptors (Lipinski definition) is 6. The third kappa shape index (κ3) is 3.08. The van der Waals surface area contributed by atoms with E-state index in [1.54, 1.807) is 30.3 Å². The van der Waals surface area contributed by atoms with E-state index in [9.17, 15) is 20.1 Å². The zero-order chi connectivity index (χ0) is 17.1. The first-order chi connectivity index (χ1) is 11.6. The van der Waals surface area contributed by atoms with Crippen LogP contribution in [0.2, 0.25) is 0 Å². The van der Waals surface area contributed by atoms with Crippen LogP contribution in [0.15, 0.2) is 56.7 Å². The fourth-order valence-corrected chi connectivity index (χ4v) is 2.34. The molecule has 0 spiro atoms. The van der Waals surface area contributed by atoms with Gasteiger partial charge < -0.3 is 19.7 Å². The number of nitrogens with zero attached hydrogens (tertiary/aromatic N) is 1. The van der Waals surface area contributed by atoms with Gasteiger partial charge in [0.25, 0.3) is 0 Å². The van der Waals surface area contributed by atoms with Crippen LogP contribution in [0.25, 0.3) is 11.0 Å². The highest BCUT2D eigenvalue weighted by Crippen LogP contribution is 2.26. The van der Waals surface area contributed by atoms with Gasteiger partial charge in [-0.3, -0.25) is 4.99 Å². The number of rotatable bonds is 4. The summed E-state index contributed by atoms with van der Waals surface area (Å²) in [7, 11) is 0. The van der Waals surface area contributed by atoms with Crippen LogP contribution in [0.1, 0.15) is 11.1 Å². The average Bonchev–Trinajstić information content (AvgIpc) is 2.57. The minimum Gasteiger partial charge on any atom is -0.506 e. The van der Waals surface area contributed by atoms with Gasteiger partial charge in [-0.15, -0.1) is 0 Å². The molecule has 0 amide bonds. The number of fused-ring (bicyclic) bond motifs is 1. The summed E-state index contributed by atoms with van der Waals surface area (Å²) in [6, 6.07) is 11.2. The summed E-state index contributed by atoms with van der Waals surface area (Å²) in [5.41, 5.74) is 0.452. The second-order valence-electron chi connectivity index (χ2n) is 5.26. The lowest BCUT2D eigenvalue weighted by Crippen LogP contribution is -2.07. The first-order valence-corrected chi connectivity index (χ1v) is 7.32. The highest BCUT2D eigenvalue weighted by Gasteiger charge is 2.11. The average molecular weight is 325 g/mol. The third-order valence-corrected chi connectivity index (χ3v) is 3.61. The number of phenolic OH excluding ortho intramolecular Hbond substituents is 2. The molecular formula is C18H15NO5. The number of aromatic hydroxyl groups is 3. The van der Waals surface area contributed by atoms with E-state index in [0.717, 1.165) is 5.56 Å². The molecule has 0 saturated heterocycles. The lowest BCUT2D eigenvalue weighted by molar-refractivity contribution is 0.403. The molecule has 0 radical (unpaired) electrons. The standard InChI is InChI=1S/C18H15NO5/c20-14-6-5-11(9-15(14)21)7-8-19-10-13-17(22)12-3-1-2-4-16(12)24-18(13)23/h1-6,9-10,20-22H,7-8H2. The van der Waals surface area contributed by atoms with Gasteiger partial charge in [-0.1, -0.05) is 18.2 Å². The van der Waals surface area contributed by atoms with Gasteiger partial charge in [0.1, 0.15) is 16.9 Å². The first kappa shape index (κ1) is 15.6. The van der Waals surface area contributed by atoms with Gasteiger partial charge in [-0.25, -0.2) is 4.79 Å². The summed E-state index contributed by atoms with van der Waals surface area (Å²) in [6.07, 6.45) is 1.79. The summed E-state index contributed by atoms with van der Waals surface area (Å²) in [5.74, 6) is -0.530. The Morgan fingerprint density at radius 2 is 1.83 bits per heavy atom. The molecule has 122 valence electrons. The molecule has 6 heteroatoms. The van der Waals surface area contributed by atoms with E-state index < -0.39 is 5.63 Å². The Morgan fingerprint density at radius 1 is 1.04 bits per heavy atom. The number of aliphatic imine (C=N–C) groups is 1. The molecule has 0 aliphatic rings. The van der Waals surface area contributed by atoms with Crippen LogP contribution in [0, 0.1) is 0 Å². The summed E-state index contributed by atoms with van der Waals surface area (Å²) in [5, 5.41) is 29.3. The molecule has 0 saturated carbocycles. The Bertz CT molecular complexity index is 975. The minimum atomic E-state index is -0.655. The van der Waals surface area contributed by atoms with E-state index in [1.165, 1.54) is 18.3 Å². The van der Waals surface area contributed by atoms with Crippen LogP contribution >= 0.6 is 0 Å². The molecule has 2 aromatic carbocycles. The molecule has 1 aromatic heterocycles. The molecule has 3 N–H and O–H groups in total. The summed E-state index contributed by atoms with van der Waals surface area (Å²) < 4.78 is 5.15. The Balaban J connectivity index is 1.78.